The molecule has 0 amide bonds. The monoisotopic (exact) mass is 305 g/mol. The predicted molar refractivity (Wildman–Crippen MR) is 76.8 cm³/mol. The summed E-state index contributed by atoms with van der Waals surface area (Å²) >= 11 is 0. The number of fused-ring (bicyclic) bond motifs is 2. The summed E-state index contributed by atoms with van der Waals surface area (Å²) in [5.74, 6) is 7.05. The number of quaternary nitrogens is 1. The maximum atomic E-state index is 10.9. The fraction of sp³-hybridized carbons (Fsp3) is 0.471. The molecule has 2 bridgehead atoms. The van der Waals surface area contributed by atoms with Crippen molar-refractivity contribution in [3.8, 4) is 17.6 Å². The Morgan fingerprint density at radius 2 is 2.05 bits per heavy atom. The highest BCUT2D eigenvalue weighted by Crippen LogP contribution is 2.37. The molecule has 0 aliphatic carbocycles. The minimum Gasteiger partial charge on any atom is -1.00 e. The standard InChI is InChI=1S/C17H20NO2.ClH/c1-13(19)20-17-10-6-14(7-11-17)12-18(2)15-4-3-5-16(18)9-8-15;/h6-7,10-11,15-16H,4,8-9,12H2,1-2H3;1H/q+1;/p-1/t15-,16+,18?;/m1./s1. The molecule has 0 radical (unpaired) electrons. The minimum atomic E-state index is -0.277. The minimum absolute atomic E-state index is 0. The Bertz CT molecular complexity index is 587. The number of benzene rings is 1. The molecule has 1 unspecified atom stereocenters. The van der Waals surface area contributed by atoms with Gasteiger partial charge in [-0.25, -0.2) is 0 Å². The van der Waals surface area contributed by atoms with Crippen molar-refractivity contribution < 1.29 is 26.4 Å². The third-order valence-electron chi connectivity index (χ3n) is 4.63. The van der Waals surface area contributed by atoms with E-state index in [1.54, 1.807) is 0 Å². The van der Waals surface area contributed by atoms with Crippen LogP contribution in [0.1, 0.15) is 31.7 Å². The molecular formula is C17H20ClNO2. The molecule has 3 nitrogen and oxygen atoms in total. The van der Waals surface area contributed by atoms with Gasteiger partial charge in [-0.2, -0.15) is 0 Å². The van der Waals surface area contributed by atoms with Crippen LogP contribution in [0, 0.1) is 11.8 Å². The van der Waals surface area contributed by atoms with Crippen LogP contribution >= 0.6 is 0 Å². The fourth-order valence-corrected chi connectivity index (χ4v) is 3.48. The van der Waals surface area contributed by atoms with E-state index in [4.69, 9.17) is 4.74 Å². The molecule has 4 heteroatoms. The zero-order valence-electron chi connectivity index (χ0n) is 12.4. The van der Waals surface area contributed by atoms with Gasteiger partial charge in [-0.05, 0) is 30.2 Å². The number of carbonyl (C=O) groups excluding carboxylic acids is 1. The van der Waals surface area contributed by atoms with Gasteiger partial charge in [-0.3, -0.25) is 4.79 Å². The first-order valence-corrected chi connectivity index (χ1v) is 7.18. The van der Waals surface area contributed by atoms with Crippen LogP contribution in [-0.4, -0.2) is 29.6 Å². The van der Waals surface area contributed by atoms with Crippen LogP contribution in [0.3, 0.4) is 0 Å². The maximum absolute atomic E-state index is 10.9. The SMILES string of the molecule is CC(=O)Oc1ccc(C[N+]2(C)[C@@H]3CC#C[C@H]2CC3)cc1.[Cl-]. The Labute approximate surface area is 132 Å². The van der Waals surface area contributed by atoms with Gasteiger partial charge >= 0.3 is 5.97 Å². The van der Waals surface area contributed by atoms with Crippen LogP contribution in [0.2, 0.25) is 0 Å². The van der Waals surface area contributed by atoms with E-state index < -0.39 is 0 Å². The molecule has 1 aromatic rings. The lowest BCUT2D eigenvalue weighted by Crippen LogP contribution is -3.00. The van der Waals surface area contributed by atoms with Crippen molar-refractivity contribution in [2.75, 3.05) is 7.05 Å². The number of rotatable bonds is 3. The van der Waals surface area contributed by atoms with Crippen LogP contribution in [0.15, 0.2) is 24.3 Å². The Morgan fingerprint density at radius 3 is 2.67 bits per heavy atom. The number of ether oxygens (including phenoxy) is 1. The van der Waals surface area contributed by atoms with E-state index in [2.05, 4.69) is 31.0 Å². The summed E-state index contributed by atoms with van der Waals surface area (Å²) in [6.45, 7) is 2.43. The molecule has 112 valence electrons. The highest BCUT2D eigenvalue weighted by molar-refractivity contribution is 5.69. The molecule has 1 fully saturated rings. The topological polar surface area (TPSA) is 26.3 Å². The number of nitrogens with zero attached hydrogens (tertiary/aromatic N) is 1. The molecule has 0 aromatic heterocycles. The zero-order chi connectivity index (χ0) is 14.2. The highest BCUT2D eigenvalue weighted by Gasteiger charge is 2.46. The second kappa shape index (κ2) is 6.09. The lowest BCUT2D eigenvalue weighted by Gasteiger charge is -2.40. The van der Waals surface area contributed by atoms with E-state index in [1.165, 1.54) is 25.3 Å². The molecular weight excluding hydrogens is 286 g/mol. The summed E-state index contributed by atoms with van der Waals surface area (Å²) in [6.07, 6.45) is 3.52. The lowest BCUT2D eigenvalue weighted by atomic mass is 10.1. The van der Waals surface area contributed by atoms with Gasteiger partial charge < -0.3 is 21.6 Å². The van der Waals surface area contributed by atoms with Gasteiger partial charge in [0.15, 0.2) is 6.04 Å². The summed E-state index contributed by atoms with van der Waals surface area (Å²) in [6, 6.07) is 9.03. The van der Waals surface area contributed by atoms with Gasteiger partial charge in [-0.1, -0.05) is 5.92 Å². The van der Waals surface area contributed by atoms with E-state index in [1.807, 2.05) is 12.1 Å². The number of hydrogen-bond donors (Lipinski definition) is 0. The second-order valence-electron chi connectivity index (χ2n) is 6.01. The summed E-state index contributed by atoms with van der Waals surface area (Å²) in [5, 5.41) is 0. The third kappa shape index (κ3) is 3.07. The number of carbonyl (C=O) groups is 1. The lowest BCUT2D eigenvalue weighted by molar-refractivity contribution is -0.949. The van der Waals surface area contributed by atoms with Crippen LogP contribution < -0.4 is 17.1 Å². The van der Waals surface area contributed by atoms with Gasteiger partial charge in [0.1, 0.15) is 18.3 Å². The van der Waals surface area contributed by atoms with Gasteiger partial charge in [0.05, 0.1) is 13.5 Å². The number of hydrogen-bond acceptors (Lipinski definition) is 2. The third-order valence-corrected chi connectivity index (χ3v) is 4.63. The Hall–Kier alpha value is -1.50. The van der Waals surface area contributed by atoms with Crippen molar-refractivity contribution in [1.82, 2.24) is 0 Å². The van der Waals surface area contributed by atoms with E-state index in [0.29, 0.717) is 17.8 Å². The summed E-state index contributed by atoms with van der Waals surface area (Å²) < 4.78 is 6.11. The molecule has 0 saturated carbocycles. The van der Waals surface area contributed by atoms with Gasteiger partial charge in [0.25, 0.3) is 0 Å². The van der Waals surface area contributed by atoms with E-state index >= 15 is 0 Å². The molecule has 21 heavy (non-hydrogen) atoms. The highest BCUT2D eigenvalue weighted by atomic mass is 35.5. The molecule has 1 aromatic carbocycles. The summed E-state index contributed by atoms with van der Waals surface area (Å²) in [4.78, 5) is 10.9. The summed E-state index contributed by atoms with van der Waals surface area (Å²) in [7, 11) is 2.33. The quantitative estimate of drug-likeness (QED) is 0.326. The molecule has 0 spiro atoms. The molecule has 2 aliphatic rings. The van der Waals surface area contributed by atoms with Crippen LogP contribution in [-0.2, 0) is 11.3 Å². The largest absolute Gasteiger partial charge is 1.00 e. The van der Waals surface area contributed by atoms with E-state index in [0.717, 1.165) is 17.4 Å². The maximum Gasteiger partial charge on any atom is 0.308 e. The number of esters is 1. The molecule has 0 N–H and O–H groups in total. The van der Waals surface area contributed by atoms with Crippen LogP contribution in [0.25, 0.3) is 0 Å². The first-order valence-electron chi connectivity index (χ1n) is 7.18. The first kappa shape index (κ1) is 15.9. The second-order valence-corrected chi connectivity index (χ2v) is 6.01. The predicted octanol–water partition coefficient (Wildman–Crippen LogP) is -0.499. The zero-order valence-corrected chi connectivity index (χ0v) is 13.2. The molecule has 3 rings (SSSR count). The fourth-order valence-electron chi connectivity index (χ4n) is 3.48. The van der Waals surface area contributed by atoms with Crippen molar-refractivity contribution >= 4 is 5.97 Å². The Kier molecular flexibility index (Phi) is 4.61. The molecule has 1 saturated heterocycles. The summed E-state index contributed by atoms with van der Waals surface area (Å²) in [5.41, 5.74) is 1.28. The molecule has 3 atom stereocenters. The average molecular weight is 306 g/mol. The molecule has 2 aliphatic heterocycles. The van der Waals surface area contributed by atoms with Gasteiger partial charge in [0.2, 0.25) is 0 Å². The van der Waals surface area contributed by atoms with Crippen LogP contribution in [0.4, 0.5) is 0 Å². The average Bonchev–Trinajstić information content (AvgIpc) is 2.61. The van der Waals surface area contributed by atoms with Crippen molar-refractivity contribution in [2.45, 2.75) is 44.8 Å². The van der Waals surface area contributed by atoms with Crippen molar-refractivity contribution in [3.63, 3.8) is 0 Å². The number of halogens is 1. The first-order chi connectivity index (χ1) is 9.58. The van der Waals surface area contributed by atoms with Gasteiger partial charge in [0, 0.05) is 25.3 Å². The van der Waals surface area contributed by atoms with Crippen molar-refractivity contribution in [2.24, 2.45) is 0 Å². The normalized spacial score (nSPS) is 29.0. The smallest absolute Gasteiger partial charge is 0.308 e. The van der Waals surface area contributed by atoms with Crippen LogP contribution in [0.5, 0.6) is 5.75 Å². The van der Waals surface area contributed by atoms with E-state index in [-0.39, 0.29) is 18.4 Å². The van der Waals surface area contributed by atoms with Crippen molar-refractivity contribution in [3.05, 3.63) is 29.8 Å². The Morgan fingerprint density at radius 1 is 1.33 bits per heavy atom. The van der Waals surface area contributed by atoms with Gasteiger partial charge in [-0.15, -0.1) is 0 Å². The molecule has 2 heterocycles. The Balaban J connectivity index is 0.00000161. The van der Waals surface area contributed by atoms with E-state index in [9.17, 15) is 4.79 Å². The van der Waals surface area contributed by atoms with Crippen molar-refractivity contribution in [1.29, 1.82) is 0 Å².